The normalized spacial score (nSPS) is 12.1. The van der Waals surface area contributed by atoms with E-state index >= 15 is 0 Å². The second kappa shape index (κ2) is 11.2. The third kappa shape index (κ3) is 7.36. The predicted octanol–water partition coefficient (Wildman–Crippen LogP) is 5.20. The van der Waals surface area contributed by atoms with Crippen molar-refractivity contribution in [2.24, 2.45) is 0 Å². The molecule has 0 aliphatic rings. The number of hydrogen-bond donors (Lipinski definition) is 2. The summed E-state index contributed by atoms with van der Waals surface area (Å²) in [5.74, 6) is -2.36. The first-order valence-electron chi connectivity index (χ1n) is 7.76. The zero-order valence-electron chi connectivity index (χ0n) is 12.9. The summed E-state index contributed by atoms with van der Waals surface area (Å²) in [6.45, 7) is 0. The average Bonchev–Trinajstić information content (AvgIpc) is 2.50. The molecule has 1 atom stereocenters. The number of benzene rings is 1. The second-order valence-corrected chi connectivity index (χ2v) is 8.34. The van der Waals surface area contributed by atoms with E-state index in [1.807, 2.05) is 0 Å². The summed E-state index contributed by atoms with van der Waals surface area (Å²) in [5.41, 5.74) is 0.419. The summed E-state index contributed by atoms with van der Waals surface area (Å²) in [6, 6.07) is 4.70. The van der Waals surface area contributed by atoms with Crippen molar-refractivity contribution >= 4 is 57.1 Å². The molecule has 23 heavy (non-hydrogen) atoms. The molecule has 0 heterocycles. The molecule has 128 valence electrons. The molecule has 0 radical (unpaired) electrons. The van der Waals surface area contributed by atoms with Gasteiger partial charge in [-0.1, -0.05) is 83.0 Å². The number of carboxylic acid groups (broad SMARTS) is 2. The van der Waals surface area contributed by atoms with Crippen molar-refractivity contribution < 1.29 is 19.8 Å². The van der Waals surface area contributed by atoms with Gasteiger partial charge in [0, 0.05) is 3.92 Å². The molecule has 0 aliphatic heterocycles. The van der Waals surface area contributed by atoms with Crippen LogP contribution in [0.4, 0.5) is 0 Å². The first-order valence-corrected chi connectivity index (χ1v) is 10.5. The monoisotopic (exact) mass is 544 g/mol. The van der Waals surface area contributed by atoms with Gasteiger partial charge in [-0.2, -0.15) is 0 Å². The van der Waals surface area contributed by atoms with E-state index in [9.17, 15) is 14.7 Å². The number of rotatable bonds is 11. The van der Waals surface area contributed by atoms with Gasteiger partial charge in [-0.15, -0.1) is 0 Å². The molecule has 0 amide bonds. The van der Waals surface area contributed by atoms with Crippen molar-refractivity contribution in [3.05, 3.63) is 34.9 Å². The van der Waals surface area contributed by atoms with Crippen LogP contribution in [0, 0.1) is 0 Å². The summed E-state index contributed by atoms with van der Waals surface area (Å²) in [5, 5.41) is 18.5. The molecule has 0 saturated carbocycles. The topological polar surface area (TPSA) is 74.6 Å². The van der Waals surface area contributed by atoms with Crippen LogP contribution in [0.25, 0.3) is 0 Å². The molecule has 1 aromatic carbocycles. The van der Waals surface area contributed by atoms with Gasteiger partial charge in [-0.3, -0.25) is 0 Å². The van der Waals surface area contributed by atoms with Crippen molar-refractivity contribution in [1.29, 1.82) is 0 Å². The van der Waals surface area contributed by atoms with Crippen LogP contribution in [0.5, 0.6) is 0 Å². The fraction of sp³-hybridized carbons (Fsp3) is 0.529. The van der Waals surface area contributed by atoms with Gasteiger partial charge in [0.05, 0.1) is 11.1 Å². The smallest absolute Gasteiger partial charge is 0.336 e. The summed E-state index contributed by atoms with van der Waals surface area (Å²) < 4.78 is 1.53. The van der Waals surface area contributed by atoms with Crippen molar-refractivity contribution in [1.82, 2.24) is 0 Å². The van der Waals surface area contributed by atoms with E-state index in [-0.39, 0.29) is 11.1 Å². The van der Waals surface area contributed by atoms with Gasteiger partial charge in [0.1, 0.15) is 0 Å². The van der Waals surface area contributed by atoms with Crippen LogP contribution in [0.15, 0.2) is 18.2 Å². The largest absolute Gasteiger partial charge is 0.478 e. The quantitative estimate of drug-likeness (QED) is 0.228. The molecule has 1 unspecified atom stereocenters. The number of aromatic carboxylic acids is 2. The lowest BCUT2D eigenvalue weighted by atomic mass is 9.96. The Morgan fingerprint density at radius 2 is 1.65 bits per heavy atom. The Bertz CT molecular complexity index is 531. The molecule has 0 saturated heterocycles. The van der Waals surface area contributed by atoms with E-state index in [0.29, 0.717) is 15.9 Å². The Labute approximate surface area is 164 Å². The third-order valence-electron chi connectivity index (χ3n) is 3.69. The van der Waals surface area contributed by atoms with Crippen molar-refractivity contribution in [3.8, 4) is 0 Å². The maximum atomic E-state index is 11.4. The molecule has 2 N–H and O–H groups in total. The Hall–Kier alpha value is -0.380. The second-order valence-electron chi connectivity index (χ2n) is 5.50. The molecule has 1 rings (SSSR count). The Morgan fingerprint density at radius 3 is 2.26 bits per heavy atom. The van der Waals surface area contributed by atoms with Crippen LogP contribution in [0.3, 0.4) is 0 Å². The minimum Gasteiger partial charge on any atom is -0.478 e. The lowest BCUT2D eigenvalue weighted by molar-refractivity contribution is 0.0650. The average molecular weight is 544 g/mol. The standard InChI is InChI=1S/C17H22I2O4/c18-10-5-3-1-2-4-8-13(19)11-12-7-6-9-14(16(20)21)15(12)17(22)23/h6-7,9,13H,1-5,8,10-11H2,(H,20,21)(H,22,23). The molecule has 6 heteroatoms. The summed E-state index contributed by atoms with van der Waals surface area (Å²) in [6.07, 6.45) is 7.77. The summed E-state index contributed by atoms with van der Waals surface area (Å²) >= 11 is 4.74. The lowest BCUT2D eigenvalue weighted by Crippen LogP contribution is -2.14. The number of carboxylic acids is 2. The van der Waals surface area contributed by atoms with Gasteiger partial charge in [-0.25, -0.2) is 9.59 Å². The first-order chi connectivity index (χ1) is 11.0. The van der Waals surface area contributed by atoms with Crippen LogP contribution in [-0.2, 0) is 6.42 Å². The maximum absolute atomic E-state index is 11.4. The van der Waals surface area contributed by atoms with E-state index in [1.54, 1.807) is 12.1 Å². The maximum Gasteiger partial charge on any atom is 0.336 e. The van der Waals surface area contributed by atoms with E-state index in [1.165, 1.54) is 36.2 Å². The van der Waals surface area contributed by atoms with Crippen LogP contribution < -0.4 is 0 Å². The SMILES string of the molecule is O=C(O)c1cccc(CC(I)CCCCCCCI)c1C(=O)O. The molecular formula is C17H22I2O4. The van der Waals surface area contributed by atoms with Crippen LogP contribution in [0.2, 0.25) is 0 Å². The fourth-order valence-corrected chi connectivity index (χ4v) is 3.99. The highest BCUT2D eigenvalue weighted by atomic mass is 127. The number of hydrogen-bond acceptors (Lipinski definition) is 2. The van der Waals surface area contributed by atoms with Crippen LogP contribution in [-0.4, -0.2) is 30.5 Å². The van der Waals surface area contributed by atoms with Crippen molar-refractivity contribution in [2.75, 3.05) is 4.43 Å². The van der Waals surface area contributed by atoms with Gasteiger partial charge in [0.2, 0.25) is 0 Å². The first kappa shape index (κ1) is 20.7. The summed E-state index contributed by atoms with van der Waals surface area (Å²) in [4.78, 5) is 22.6. The number of halogens is 2. The fourth-order valence-electron chi connectivity index (χ4n) is 2.53. The van der Waals surface area contributed by atoms with E-state index in [4.69, 9.17) is 5.11 Å². The van der Waals surface area contributed by atoms with Crippen molar-refractivity contribution in [2.45, 2.75) is 48.9 Å². The van der Waals surface area contributed by atoms with Gasteiger partial charge >= 0.3 is 11.9 Å². The summed E-state index contributed by atoms with van der Waals surface area (Å²) in [7, 11) is 0. The molecule has 0 spiro atoms. The lowest BCUT2D eigenvalue weighted by Gasteiger charge is -2.13. The molecule has 0 aromatic heterocycles. The Balaban J connectivity index is 2.61. The van der Waals surface area contributed by atoms with Gasteiger partial charge < -0.3 is 10.2 Å². The highest BCUT2D eigenvalue weighted by molar-refractivity contribution is 14.1. The number of alkyl halides is 2. The van der Waals surface area contributed by atoms with E-state index < -0.39 is 11.9 Å². The van der Waals surface area contributed by atoms with E-state index in [0.717, 1.165) is 12.8 Å². The molecular weight excluding hydrogens is 522 g/mol. The highest BCUT2D eigenvalue weighted by Gasteiger charge is 2.21. The zero-order chi connectivity index (χ0) is 17.2. The Morgan fingerprint density at radius 1 is 1.00 bits per heavy atom. The van der Waals surface area contributed by atoms with Crippen LogP contribution in [0.1, 0.15) is 64.8 Å². The molecule has 0 bridgehead atoms. The molecule has 4 nitrogen and oxygen atoms in total. The predicted molar refractivity (Wildman–Crippen MR) is 108 cm³/mol. The minimum absolute atomic E-state index is 0.0660. The van der Waals surface area contributed by atoms with E-state index in [2.05, 4.69) is 45.2 Å². The van der Waals surface area contributed by atoms with Gasteiger partial charge in [0.15, 0.2) is 0 Å². The zero-order valence-corrected chi connectivity index (χ0v) is 17.2. The third-order valence-corrected chi connectivity index (χ3v) is 5.51. The Kier molecular flexibility index (Phi) is 10.1. The van der Waals surface area contributed by atoms with Gasteiger partial charge in [0.25, 0.3) is 0 Å². The van der Waals surface area contributed by atoms with Gasteiger partial charge in [-0.05, 0) is 35.3 Å². The van der Waals surface area contributed by atoms with Crippen molar-refractivity contribution in [3.63, 3.8) is 0 Å². The molecule has 1 aromatic rings. The number of carbonyl (C=O) groups is 2. The van der Waals surface area contributed by atoms with Crippen LogP contribution >= 0.6 is 45.2 Å². The minimum atomic E-state index is -1.19. The molecule has 0 aliphatic carbocycles. The highest BCUT2D eigenvalue weighted by Crippen LogP contribution is 2.22. The molecule has 0 fully saturated rings. The number of unbranched alkanes of at least 4 members (excludes halogenated alkanes) is 4.